The quantitative estimate of drug-likeness (QED) is 0.647. The van der Waals surface area contributed by atoms with Crippen LogP contribution in [0.1, 0.15) is 38.5 Å². The van der Waals surface area contributed by atoms with Gasteiger partial charge in [-0.2, -0.15) is 4.98 Å². The summed E-state index contributed by atoms with van der Waals surface area (Å²) in [4.78, 5) is 32.9. The minimum Gasteiger partial charge on any atom is -0.368 e. The normalized spacial score (nSPS) is 25.6. The molecule has 1 saturated heterocycles. The molecule has 1 saturated carbocycles. The summed E-state index contributed by atoms with van der Waals surface area (Å²) < 4.78 is 0. The molecule has 2 heterocycles. The van der Waals surface area contributed by atoms with Crippen LogP contribution in [0.25, 0.3) is 0 Å². The zero-order chi connectivity index (χ0) is 15.7. The van der Waals surface area contributed by atoms with Gasteiger partial charge in [0.25, 0.3) is 0 Å². The first-order valence-electron chi connectivity index (χ1n) is 7.44. The molecule has 0 radical (unpaired) electrons. The lowest BCUT2D eigenvalue weighted by Gasteiger charge is -2.34. The molecule has 0 aromatic carbocycles. The minimum atomic E-state index is -0.0308. The smallest absolute Gasteiger partial charge is 0.229 e. The van der Waals surface area contributed by atoms with Crippen LogP contribution in [0.3, 0.4) is 0 Å². The van der Waals surface area contributed by atoms with E-state index >= 15 is 0 Å². The van der Waals surface area contributed by atoms with E-state index in [-0.39, 0.29) is 29.8 Å². The number of imide groups is 1. The molecule has 2 amide bonds. The Bertz CT molecular complexity index is 565. The van der Waals surface area contributed by atoms with Gasteiger partial charge in [-0.05, 0) is 25.7 Å². The molecule has 7 nitrogen and oxygen atoms in total. The summed E-state index contributed by atoms with van der Waals surface area (Å²) in [6, 6.07) is 1.91. The average Bonchev–Trinajstić information content (AvgIpc) is 2.78. The third-order valence-electron chi connectivity index (χ3n) is 4.22. The first kappa shape index (κ1) is 15.0. The van der Waals surface area contributed by atoms with Crippen molar-refractivity contribution in [2.45, 2.75) is 50.6 Å². The summed E-state index contributed by atoms with van der Waals surface area (Å²) in [7, 11) is 0. The highest BCUT2D eigenvalue weighted by atomic mass is 35.5. The number of rotatable bonds is 3. The van der Waals surface area contributed by atoms with Gasteiger partial charge in [-0.1, -0.05) is 11.6 Å². The number of carbonyl (C=O) groups excluding carboxylic acids is 2. The fourth-order valence-electron chi connectivity index (χ4n) is 3.20. The molecule has 118 valence electrons. The van der Waals surface area contributed by atoms with E-state index in [2.05, 4.69) is 15.3 Å². The van der Waals surface area contributed by atoms with Gasteiger partial charge in [-0.15, -0.1) is 0 Å². The molecule has 1 aromatic heterocycles. The molecule has 0 spiro atoms. The van der Waals surface area contributed by atoms with Gasteiger partial charge in [0, 0.05) is 31.0 Å². The third kappa shape index (κ3) is 3.14. The molecule has 0 unspecified atom stereocenters. The molecule has 8 heteroatoms. The number of anilines is 2. The van der Waals surface area contributed by atoms with Crippen molar-refractivity contribution < 1.29 is 9.59 Å². The number of aromatic nitrogens is 2. The van der Waals surface area contributed by atoms with Crippen molar-refractivity contribution in [1.82, 2.24) is 14.9 Å². The summed E-state index contributed by atoms with van der Waals surface area (Å²) in [5.41, 5.74) is 5.57. The maximum Gasteiger partial charge on any atom is 0.229 e. The predicted octanol–water partition coefficient (Wildman–Crippen LogP) is 1.58. The van der Waals surface area contributed by atoms with E-state index in [1.165, 1.54) is 4.90 Å². The molecule has 2 aliphatic rings. The summed E-state index contributed by atoms with van der Waals surface area (Å²) in [5, 5.41) is 3.59. The van der Waals surface area contributed by atoms with Crippen LogP contribution in [0.15, 0.2) is 6.07 Å². The van der Waals surface area contributed by atoms with Gasteiger partial charge in [0.05, 0.1) is 0 Å². The highest BCUT2D eigenvalue weighted by Crippen LogP contribution is 2.29. The predicted molar refractivity (Wildman–Crippen MR) is 82.2 cm³/mol. The largest absolute Gasteiger partial charge is 0.368 e. The number of amides is 2. The Morgan fingerprint density at radius 3 is 2.36 bits per heavy atom. The number of nitrogens with two attached hydrogens (primary N) is 1. The van der Waals surface area contributed by atoms with Crippen LogP contribution >= 0.6 is 11.6 Å². The zero-order valence-electron chi connectivity index (χ0n) is 12.1. The zero-order valence-corrected chi connectivity index (χ0v) is 12.8. The van der Waals surface area contributed by atoms with Crippen LogP contribution in [0, 0.1) is 0 Å². The van der Waals surface area contributed by atoms with Gasteiger partial charge >= 0.3 is 0 Å². The lowest BCUT2D eigenvalue weighted by atomic mass is 9.90. The molecule has 2 fully saturated rings. The van der Waals surface area contributed by atoms with E-state index in [4.69, 9.17) is 17.3 Å². The van der Waals surface area contributed by atoms with Crippen molar-refractivity contribution in [2.24, 2.45) is 0 Å². The van der Waals surface area contributed by atoms with Crippen molar-refractivity contribution in [2.75, 3.05) is 11.1 Å². The lowest BCUT2D eigenvalue weighted by molar-refractivity contribution is -0.141. The lowest BCUT2D eigenvalue weighted by Crippen LogP contribution is -2.43. The monoisotopic (exact) mass is 323 g/mol. The SMILES string of the molecule is Nc1nc(Cl)cc(NC2CCC(N3C(=O)CCC3=O)CC2)n1. The molecule has 0 bridgehead atoms. The van der Waals surface area contributed by atoms with Gasteiger partial charge < -0.3 is 11.1 Å². The molecule has 22 heavy (non-hydrogen) atoms. The van der Waals surface area contributed by atoms with E-state index in [1.54, 1.807) is 6.07 Å². The van der Waals surface area contributed by atoms with Crippen molar-refractivity contribution in [1.29, 1.82) is 0 Å². The van der Waals surface area contributed by atoms with E-state index in [0.717, 1.165) is 25.7 Å². The number of nitrogens with one attached hydrogen (secondary N) is 1. The van der Waals surface area contributed by atoms with Crippen LogP contribution in [0.2, 0.25) is 5.15 Å². The maximum atomic E-state index is 11.8. The van der Waals surface area contributed by atoms with E-state index in [0.29, 0.717) is 23.8 Å². The Balaban J connectivity index is 1.57. The Hall–Kier alpha value is -1.89. The van der Waals surface area contributed by atoms with E-state index in [1.807, 2.05) is 0 Å². The summed E-state index contributed by atoms with van der Waals surface area (Å²) >= 11 is 5.86. The van der Waals surface area contributed by atoms with Crippen molar-refractivity contribution in [3.8, 4) is 0 Å². The summed E-state index contributed by atoms with van der Waals surface area (Å²) in [6.45, 7) is 0. The molecule has 1 aliphatic carbocycles. The molecular formula is C14H18ClN5O2. The second-order valence-corrected chi connectivity index (χ2v) is 6.13. The van der Waals surface area contributed by atoms with Crippen LogP contribution in [0.5, 0.6) is 0 Å². The molecular weight excluding hydrogens is 306 g/mol. The maximum absolute atomic E-state index is 11.8. The van der Waals surface area contributed by atoms with Crippen LogP contribution in [-0.4, -0.2) is 38.8 Å². The van der Waals surface area contributed by atoms with Gasteiger partial charge in [-0.3, -0.25) is 14.5 Å². The Morgan fingerprint density at radius 2 is 1.77 bits per heavy atom. The standard InChI is InChI=1S/C14H18ClN5O2/c15-10-7-11(19-14(16)18-10)17-8-1-3-9(4-2-8)20-12(21)5-6-13(20)22/h7-9H,1-6H2,(H3,16,17,18,19). The molecule has 1 aromatic rings. The van der Waals surface area contributed by atoms with E-state index < -0.39 is 0 Å². The second-order valence-electron chi connectivity index (χ2n) is 5.74. The topological polar surface area (TPSA) is 101 Å². The number of likely N-dealkylation sites (tertiary alicyclic amines) is 1. The third-order valence-corrected chi connectivity index (χ3v) is 4.41. The van der Waals surface area contributed by atoms with Gasteiger partial charge in [-0.25, -0.2) is 4.98 Å². The van der Waals surface area contributed by atoms with Crippen LogP contribution < -0.4 is 11.1 Å². The number of hydrogen-bond donors (Lipinski definition) is 2. The van der Waals surface area contributed by atoms with Crippen molar-refractivity contribution in [3.05, 3.63) is 11.2 Å². The number of nitrogen functional groups attached to an aromatic ring is 1. The summed E-state index contributed by atoms with van der Waals surface area (Å²) in [6.07, 6.45) is 4.06. The minimum absolute atomic E-state index is 0.0308. The summed E-state index contributed by atoms with van der Waals surface area (Å²) in [5.74, 6) is 0.680. The number of hydrogen-bond acceptors (Lipinski definition) is 6. The average molecular weight is 324 g/mol. The molecule has 1 aliphatic heterocycles. The van der Waals surface area contributed by atoms with Gasteiger partial charge in [0.2, 0.25) is 17.8 Å². The van der Waals surface area contributed by atoms with Crippen molar-refractivity contribution in [3.63, 3.8) is 0 Å². The number of carbonyl (C=O) groups is 2. The Labute approximate surface area is 133 Å². The van der Waals surface area contributed by atoms with Crippen LogP contribution in [-0.2, 0) is 9.59 Å². The number of halogens is 1. The Morgan fingerprint density at radius 1 is 1.14 bits per heavy atom. The Kier molecular flexibility index (Phi) is 4.15. The second kappa shape index (κ2) is 6.08. The highest BCUT2D eigenvalue weighted by molar-refractivity contribution is 6.29. The number of nitrogens with zero attached hydrogens (tertiary/aromatic N) is 3. The highest BCUT2D eigenvalue weighted by Gasteiger charge is 2.36. The van der Waals surface area contributed by atoms with Gasteiger partial charge in [0.15, 0.2) is 0 Å². The first-order chi connectivity index (χ1) is 10.5. The van der Waals surface area contributed by atoms with Crippen molar-refractivity contribution >= 4 is 35.2 Å². The molecule has 3 N–H and O–H groups in total. The fraction of sp³-hybridized carbons (Fsp3) is 0.571. The van der Waals surface area contributed by atoms with E-state index in [9.17, 15) is 9.59 Å². The van der Waals surface area contributed by atoms with Crippen LogP contribution in [0.4, 0.5) is 11.8 Å². The van der Waals surface area contributed by atoms with Gasteiger partial charge in [0.1, 0.15) is 11.0 Å². The molecule has 3 rings (SSSR count). The first-order valence-corrected chi connectivity index (χ1v) is 7.82. The molecule has 0 atom stereocenters. The fourth-order valence-corrected chi connectivity index (χ4v) is 3.39.